The maximum Gasteiger partial charge on any atom is 0.247 e. The Morgan fingerprint density at radius 2 is 2.16 bits per heavy atom. The molecule has 0 bridgehead atoms. The molecule has 3 atom stereocenters. The van der Waals surface area contributed by atoms with Crippen LogP contribution in [0, 0.1) is 11.8 Å². The minimum Gasteiger partial charge on any atom is -0.368 e. The lowest BCUT2D eigenvalue weighted by molar-refractivity contribution is -0.139. The number of hydrogen-bond acceptors (Lipinski definition) is 3. The molecule has 5 nitrogen and oxygen atoms in total. The van der Waals surface area contributed by atoms with Gasteiger partial charge in [-0.1, -0.05) is 24.3 Å². The highest BCUT2D eigenvalue weighted by Crippen LogP contribution is 2.59. The molecule has 3 N–H and O–H groups in total. The molecule has 1 fully saturated rings. The molecule has 5 heteroatoms. The van der Waals surface area contributed by atoms with Gasteiger partial charge >= 0.3 is 0 Å². The van der Waals surface area contributed by atoms with Crippen molar-refractivity contribution in [2.24, 2.45) is 17.6 Å². The largest absolute Gasteiger partial charge is 0.368 e. The number of rotatable bonds is 4. The predicted octanol–water partition coefficient (Wildman–Crippen LogP) is 0.496. The van der Waals surface area contributed by atoms with Crippen LogP contribution in [0.15, 0.2) is 24.3 Å². The van der Waals surface area contributed by atoms with Crippen LogP contribution < -0.4 is 11.2 Å². The zero-order valence-electron chi connectivity index (χ0n) is 10.5. The van der Waals surface area contributed by atoms with Gasteiger partial charge in [-0.3, -0.25) is 14.4 Å². The van der Waals surface area contributed by atoms with Crippen molar-refractivity contribution in [3.05, 3.63) is 35.4 Å². The number of carbonyl (C=O) groups excluding carboxylic acids is 2. The fraction of sp³-hybridized carbons (Fsp3) is 0.429. The number of carbonyl (C=O) groups is 2. The molecule has 19 heavy (non-hydrogen) atoms. The minimum absolute atomic E-state index is 0.0310. The van der Waals surface area contributed by atoms with E-state index in [1.54, 1.807) is 0 Å². The summed E-state index contributed by atoms with van der Waals surface area (Å²) in [5, 5.41) is 0. The molecule has 0 radical (unpaired) electrons. The Bertz CT molecular complexity index is 529. The molecule has 0 heterocycles. The summed E-state index contributed by atoms with van der Waals surface area (Å²) in [7, 11) is 0. The highest BCUT2D eigenvalue weighted by atomic mass is 16.7. The van der Waals surface area contributed by atoms with Crippen LogP contribution in [0.2, 0.25) is 0 Å². The summed E-state index contributed by atoms with van der Waals surface area (Å²) in [6.45, 7) is -0.287. The van der Waals surface area contributed by atoms with E-state index in [4.69, 9.17) is 10.6 Å². The Hall–Kier alpha value is -1.88. The number of nitrogens with one attached hydrogen (secondary N) is 1. The first-order valence-corrected chi connectivity index (χ1v) is 6.46. The second kappa shape index (κ2) is 4.66. The van der Waals surface area contributed by atoms with Crippen LogP contribution >= 0.6 is 0 Å². The van der Waals surface area contributed by atoms with Crippen LogP contribution in [0.25, 0.3) is 0 Å². The van der Waals surface area contributed by atoms with E-state index in [0.29, 0.717) is 11.8 Å². The maximum atomic E-state index is 12.0. The number of fused-ring (bicyclic) bond motifs is 3. The van der Waals surface area contributed by atoms with Gasteiger partial charge in [-0.15, -0.1) is 0 Å². The van der Waals surface area contributed by atoms with E-state index < -0.39 is 5.91 Å². The summed E-state index contributed by atoms with van der Waals surface area (Å²) >= 11 is 0. The van der Waals surface area contributed by atoms with E-state index in [1.807, 2.05) is 12.1 Å². The van der Waals surface area contributed by atoms with Gasteiger partial charge < -0.3 is 5.73 Å². The second-order valence-corrected chi connectivity index (χ2v) is 5.17. The van der Waals surface area contributed by atoms with Crippen LogP contribution in [0.3, 0.4) is 0 Å². The number of primary amides is 1. The smallest absolute Gasteiger partial charge is 0.247 e. The Morgan fingerprint density at radius 3 is 2.95 bits per heavy atom. The van der Waals surface area contributed by atoms with E-state index in [2.05, 4.69) is 17.6 Å². The van der Waals surface area contributed by atoms with E-state index in [-0.39, 0.29) is 18.4 Å². The van der Waals surface area contributed by atoms with Gasteiger partial charge in [-0.2, -0.15) is 0 Å². The van der Waals surface area contributed by atoms with Gasteiger partial charge in [0, 0.05) is 0 Å². The van der Waals surface area contributed by atoms with Gasteiger partial charge in [0.2, 0.25) is 11.8 Å². The minimum atomic E-state index is -0.598. The second-order valence-electron chi connectivity index (χ2n) is 5.17. The Labute approximate surface area is 111 Å². The lowest BCUT2D eigenvalue weighted by atomic mass is 9.92. The summed E-state index contributed by atoms with van der Waals surface area (Å²) in [5.74, 6) is -0.0578. The summed E-state index contributed by atoms with van der Waals surface area (Å²) < 4.78 is 0. The van der Waals surface area contributed by atoms with Crippen molar-refractivity contribution in [3.63, 3.8) is 0 Å². The lowest BCUT2D eigenvalue weighted by Crippen LogP contribution is -2.30. The molecule has 1 aromatic rings. The first kappa shape index (κ1) is 12.2. The van der Waals surface area contributed by atoms with E-state index in [0.717, 1.165) is 12.8 Å². The average Bonchev–Trinajstić information content (AvgIpc) is 3.13. The van der Waals surface area contributed by atoms with Gasteiger partial charge in [-0.05, 0) is 35.8 Å². The molecule has 1 saturated carbocycles. The molecule has 3 unspecified atom stereocenters. The number of hydrogen-bond donors (Lipinski definition) is 2. The van der Waals surface area contributed by atoms with E-state index >= 15 is 0 Å². The van der Waals surface area contributed by atoms with Crippen LogP contribution in [0.5, 0.6) is 0 Å². The highest BCUT2D eigenvalue weighted by molar-refractivity contribution is 5.83. The molecule has 3 rings (SSSR count). The Balaban J connectivity index is 1.64. The molecule has 0 spiro atoms. The first-order chi connectivity index (χ1) is 9.18. The molecular formula is C14H16N2O3. The number of nitrogens with two attached hydrogens (primary N) is 1. The third-order valence-corrected chi connectivity index (χ3v) is 4.02. The lowest BCUT2D eigenvalue weighted by Gasteiger charge is -2.13. The van der Waals surface area contributed by atoms with Crippen molar-refractivity contribution >= 4 is 11.8 Å². The number of benzene rings is 1. The van der Waals surface area contributed by atoms with Crippen molar-refractivity contribution in [2.45, 2.75) is 18.8 Å². The van der Waals surface area contributed by atoms with Crippen LogP contribution in [0.1, 0.15) is 23.5 Å². The summed E-state index contributed by atoms with van der Waals surface area (Å²) in [6.07, 6.45) is 2.07. The van der Waals surface area contributed by atoms with Crippen molar-refractivity contribution in [1.82, 2.24) is 5.48 Å². The van der Waals surface area contributed by atoms with E-state index in [1.165, 1.54) is 11.1 Å². The maximum absolute atomic E-state index is 12.0. The van der Waals surface area contributed by atoms with Crippen molar-refractivity contribution in [2.75, 3.05) is 6.61 Å². The molecule has 2 aliphatic carbocycles. The molecule has 0 aliphatic heterocycles. The Kier molecular flexibility index (Phi) is 2.98. The normalized spacial score (nSPS) is 27.1. The number of aryl methyl sites for hydroxylation is 1. The Morgan fingerprint density at radius 1 is 1.37 bits per heavy atom. The molecular weight excluding hydrogens is 244 g/mol. The average molecular weight is 260 g/mol. The van der Waals surface area contributed by atoms with Gasteiger partial charge in [0.05, 0.1) is 5.92 Å². The summed E-state index contributed by atoms with van der Waals surface area (Å²) in [6, 6.07) is 8.27. The van der Waals surface area contributed by atoms with Gasteiger partial charge in [0.25, 0.3) is 0 Å². The fourth-order valence-electron chi connectivity index (χ4n) is 3.17. The third-order valence-electron chi connectivity index (χ3n) is 4.02. The topological polar surface area (TPSA) is 81.4 Å². The van der Waals surface area contributed by atoms with Gasteiger partial charge in [0.1, 0.15) is 0 Å². The van der Waals surface area contributed by atoms with Crippen molar-refractivity contribution < 1.29 is 14.4 Å². The van der Waals surface area contributed by atoms with Gasteiger partial charge in [0.15, 0.2) is 6.61 Å². The summed E-state index contributed by atoms with van der Waals surface area (Å²) in [4.78, 5) is 27.3. The van der Waals surface area contributed by atoms with Crippen LogP contribution in [-0.4, -0.2) is 18.4 Å². The zero-order chi connectivity index (χ0) is 13.4. The zero-order valence-corrected chi connectivity index (χ0v) is 10.5. The van der Waals surface area contributed by atoms with E-state index in [9.17, 15) is 9.59 Å². The number of amides is 2. The predicted molar refractivity (Wildman–Crippen MR) is 67.8 cm³/mol. The van der Waals surface area contributed by atoms with Crippen molar-refractivity contribution in [3.8, 4) is 0 Å². The number of hydroxylamine groups is 1. The summed E-state index contributed by atoms with van der Waals surface area (Å²) in [5.41, 5.74) is 9.89. The molecule has 2 amide bonds. The van der Waals surface area contributed by atoms with Gasteiger partial charge in [-0.25, -0.2) is 5.48 Å². The highest BCUT2D eigenvalue weighted by Gasteiger charge is 2.57. The van der Waals surface area contributed by atoms with Crippen LogP contribution in [0.4, 0.5) is 0 Å². The molecule has 1 aromatic carbocycles. The van der Waals surface area contributed by atoms with Crippen LogP contribution in [-0.2, 0) is 20.8 Å². The monoisotopic (exact) mass is 260 g/mol. The SMILES string of the molecule is NC(=O)CONC(=O)C1C2CCc3ccccc3C21. The van der Waals surface area contributed by atoms with Crippen molar-refractivity contribution in [1.29, 1.82) is 0 Å². The standard InChI is InChI=1S/C14H16N2O3/c15-11(17)7-19-16-14(18)13-10-6-5-8-3-1-2-4-9(8)12(10)13/h1-4,10,12-13H,5-7H2,(H2,15,17)(H,16,18). The molecule has 2 aliphatic rings. The molecule has 100 valence electrons. The fourth-order valence-corrected chi connectivity index (χ4v) is 3.17. The third kappa shape index (κ3) is 2.21. The quantitative estimate of drug-likeness (QED) is 0.773. The molecule has 0 saturated heterocycles. The molecule has 0 aromatic heterocycles. The first-order valence-electron chi connectivity index (χ1n) is 6.46.